The number of nitrogens with zero attached hydrogens (tertiary/aromatic N) is 3. The summed E-state index contributed by atoms with van der Waals surface area (Å²) < 4.78 is 2.15. The molecular weight excluding hydrogens is 370 g/mol. The van der Waals surface area contributed by atoms with Crippen molar-refractivity contribution in [2.45, 2.75) is 13.8 Å². The Bertz CT molecular complexity index is 1230. The van der Waals surface area contributed by atoms with Crippen LogP contribution in [-0.4, -0.2) is 14.4 Å². The van der Waals surface area contributed by atoms with Crippen molar-refractivity contribution in [3.63, 3.8) is 0 Å². The molecule has 5 rings (SSSR count). The number of benzene rings is 2. The Morgan fingerprint density at radius 1 is 0.704 bits per heavy atom. The lowest BCUT2D eigenvalue weighted by molar-refractivity contribution is 1.22. The van der Waals surface area contributed by atoms with Gasteiger partial charge in [-0.15, -0.1) is 22.7 Å². The summed E-state index contributed by atoms with van der Waals surface area (Å²) in [5, 5.41) is 5.28. The number of hydrogen-bond donors (Lipinski definition) is 0. The molecule has 0 aliphatic rings. The molecule has 3 aromatic heterocycles. The van der Waals surface area contributed by atoms with Crippen molar-refractivity contribution >= 4 is 27.6 Å². The van der Waals surface area contributed by atoms with Crippen molar-refractivity contribution in [2.75, 3.05) is 0 Å². The van der Waals surface area contributed by atoms with Crippen LogP contribution in [0.3, 0.4) is 0 Å². The summed E-state index contributed by atoms with van der Waals surface area (Å²) in [6.07, 6.45) is 2.11. The lowest BCUT2D eigenvalue weighted by atomic mass is 10.1. The Morgan fingerprint density at radius 2 is 1.33 bits per heavy atom. The Kier molecular flexibility index (Phi) is 3.92. The molecule has 27 heavy (non-hydrogen) atoms. The predicted octanol–water partition coefficient (Wildman–Crippen LogP) is 6.47. The first-order valence-corrected chi connectivity index (χ1v) is 10.5. The summed E-state index contributed by atoms with van der Waals surface area (Å²) in [6.45, 7) is 4.20. The number of aryl methyl sites for hydroxylation is 2. The second-order valence-corrected chi connectivity index (χ2v) is 8.36. The molecule has 5 aromatic rings. The van der Waals surface area contributed by atoms with Crippen molar-refractivity contribution in [3.8, 4) is 33.2 Å². The molecule has 3 nitrogen and oxygen atoms in total. The van der Waals surface area contributed by atoms with Gasteiger partial charge >= 0.3 is 0 Å². The van der Waals surface area contributed by atoms with Gasteiger partial charge in [-0.3, -0.25) is 4.40 Å². The van der Waals surface area contributed by atoms with E-state index in [-0.39, 0.29) is 0 Å². The molecule has 0 radical (unpaired) electrons. The molecule has 2 aromatic carbocycles. The minimum atomic E-state index is 0.993. The van der Waals surface area contributed by atoms with Gasteiger partial charge < -0.3 is 0 Å². The Morgan fingerprint density at radius 3 is 2.00 bits per heavy atom. The van der Waals surface area contributed by atoms with Crippen LogP contribution in [0.4, 0.5) is 0 Å². The zero-order chi connectivity index (χ0) is 18.4. The van der Waals surface area contributed by atoms with E-state index in [9.17, 15) is 0 Å². The molecule has 0 aliphatic heterocycles. The summed E-state index contributed by atoms with van der Waals surface area (Å²) in [6, 6.07) is 17.0. The largest absolute Gasteiger partial charge is 0.287 e. The highest BCUT2D eigenvalue weighted by molar-refractivity contribution is 7.16. The van der Waals surface area contributed by atoms with Crippen LogP contribution >= 0.6 is 22.7 Å². The van der Waals surface area contributed by atoms with E-state index < -0.39 is 0 Å². The van der Waals surface area contributed by atoms with Gasteiger partial charge in [-0.25, -0.2) is 9.97 Å². The lowest BCUT2D eigenvalue weighted by Crippen LogP contribution is -1.84. The number of fused-ring (bicyclic) bond motifs is 1. The van der Waals surface area contributed by atoms with Gasteiger partial charge in [0.1, 0.15) is 5.01 Å². The molecule has 0 atom stereocenters. The first-order chi connectivity index (χ1) is 13.2. The first-order valence-electron chi connectivity index (χ1n) is 8.74. The summed E-state index contributed by atoms with van der Waals surface area (Å²) in [5.41, 5.74) is 7.93. The number of hydrogen-bond acceptors (Lipinski definition) is 4. The monoisotopic (exact) mass is 387 g/mol. The van der Waals surface area contributed by atoms with Gasteiger partial charge in [0.05, 0.1) is 17.1 Å². The Labute approximate surface area is 165 Å². The fourth-order valence-electron chi connectivity index (χ4n) is 3.05. The number of rotatable bonds is 3. The topological polar surface area (TPSA) is 30.2 Å². The lowest BCUT2D eigenvalue weighted by Gasteiger charge is -1.98. The van der Waals surface area contributed by atoms with Gasteiger partial charge in [-0.1, -0.05) is 59.7 Å². The normalized spacial score (nSPS) is 11.3. The average molecular weight is 388 g/mol. The summed E-state index contributed by atoms with van der Waals surface area (Å²) in [7, 11) is 0. The van der Waals surface area contributed by atoms with Gasteiger partial charge in [0, 0.05) is 28.1 Å². The molecule has 5 heteroatoms. The van der Waals surface area contributed by atoms with E-state index in [2.05, 4.69) is 83.7 Å². The van der Waals surface area contributed by atoms with Crippen LogP contribution in [0, 0.1) is 13.8 Å². The molecule has 0 bridgehead atoms. The van der Waals surface area contributed by atoms with Crippen molar-refractivity contribution in [1.82, 2.24) is 14.4 Å². The fourth-order valence-corrected chi connectivity index (χ4v) is 4.82. The highest BCUT2D eigenvalue weighted by Crippen LogP contribution is 2.33. The van der Waals surface area contributed by atoms with Crippen molar-refractivity contribution in [2.24, 2.45) is 0 Å². The molecule has 0 aliphatic carbocycles. The maximum Gasteiger partial charge on any atom is 0.194 e. The zero-order valence-corrected chi connectivity index (χ0v) is 16.6. The van der Waals surface area contributed by atoms with Gasteiger partial charge in [0.2, 0.25) is 0 Å². The van der Waals surface area contributed by atoms with E-state index in [0.29, 0.717) is 0 Å². The van der Waals surface area contributed by atoms with E-state index in [1.807, 2.05) is 0 Å². The minimum Gasteiger partial charge on any atom is -0.287 e. The smallest absolute Gasteiger partial charge is 0.194 e. The zero-order valence-electron chi connectivity index (χ0n) is 15.0. The fraction of sp³-hybridized carbons (Fsp3) is 0.0909. The van der Waals surface area contributed by atoms with E-state index >= 15 is 0 Å². The third-order valence-corrected chi connectivity index (χ3v) is 6.33. The molecular formula is C22H17N3S2. The standard InChI is InChI=1S/C22H17N3S2/c1-14-3-7-16(8-4-14)18-11-25-20(13-27-22(25)24-18)21-23-19(12-26-21)17-9-5-15(2)6-10-17/h3-13H,1-2H3. The molecule has 0 saturated carbocycles. The summed E-state index contributed by atoms with van der Waals surface area (Å²) >= 11 is 3.33. The molecule has 3 heterocycles. The highest BCUT2D eigenvalue weighted by Gasteiger charge is 2.14. The van der Waals surface area contributed by atoms with Crippen molar-refractivity contribution in [1.29, 1.82) is 0 Å². The maximum atomic E-state index is 4.87. The molecule has 132 valence electrons. The second kappa shape index (κ2) is 6.44. The van der Waals surface area contributed by atoms with Crippen molar-refractivity contribution in [3.05, 3.63) is 76.6 Å². The van der Waals surface area contributed by atoms with Gasteiger partial charge in [0.15, 0.2) is 4.96 Å². The van der Waals surface area contributed by atoms with E-state index in [1.54, 1.807) is 22.7 Å². The SMILES string of the molecule is Cc1ccc(-c2csc(-c3csc4nc(-c5ccc(C)cc5)cn34)n2)cc1. The van der Waals surface area contributed by atoms with E-state index in [1.165, 1.54) is 11.1 Å². The van der Waals surface area contributed by atoms with Crippen molar-refractivity contribution < 1.29 is 0 Å². The predicted molar refractivity (Wildman–Crippen MR) is 115 cm³/mol. The third kappa shape index (κ3) is 2.99. The third-order valence-electron chi connectivity index (χ3n) is 4.63. The molecule has 0 unspecified atom stereocenters. The van der Waals surface area contributed by atoms with Gasteiger partial charge in [0.25, 0.3) is 0 Å². The van der Waals surface area contributed by atoms with Crippen LogP contribution in [0.2, 0.25) is 0 Å². The first kappa shape index (κ1) is 16.4. The van der Waals surface area contributed by atoms with Crippen LogP contribution in [0.5, 0.6) is 0 Å². The van der Waals surface area contributed by atoms with Crippen LogP contribution in [0.15, 0.2) is 65.5 Å². The van der Waals surface area contributed by atoms with Crippen LogP contribution < -0.4 is 0 Å². The van der Waals surface area contributed by atoms with E-state index in [4.69, 9.17) is 9.97 Å². The van der Waals surface area contributed by atoms with Crippen LogP contribution in [0.1, 0.15) is 11.1 Å². The highest BCUT2D eigenvalue weighted by atomic mass is 32.1. The number of aromatic nitrogens is 3. The second-order valence-electron chi connectivity index (χ2n) is 6.67. The van der Waals surface area contributed by atoms with Crippen LogP contribution in [0.25, 0.3) is 38.2 Å². The van der Waals surface area contributed by atoms with Gasteiger partial charge in [-0.2, -0.15) is 0 Å². The number of thiazole rings is 2. The Hall–Kier alpha value is -2.76. The maximum absolute atomic E-state index is 4.87. The molecule has 0 spiro atoms. The summed E-state index contributed by atoms with van der Waals surface area (Å²) in [5.74, 6) is 0. The minimum absolute atomic E-state index is 0.993. The van der Waals surface area contributed by atoms with E-state index in [0.717, 1.165) is 38.2 Å². The number of imidazole rings is 1. The quantitative estimate of drug-likeness (QED) is 0.355. The average Bonchev–Trinajstić information content (AvgIpc) is 3.38. The molecule has 0 N–H and O–H groups in total. The molecule has 0 amide bonds. The molecule has 0 saturated heterocycles. The van der Waals surface area contributed by atoms with Gasteiger partial charge in [-0.05, 0) is 13.8 Å². The molecule has 0 fully saturated rings. The summed E-state index contributed by atoms with van der Waals surface area (Å²) in [4.78, 5) is 10.7. The Balaban J connectivity index is 1.54. The van der Waals surface area contributed by atoms with Crippen LogP contribution in [-0.2, 0) is 0 Å².